The minimum atomic E-state index is -0.346. The summed E-state index contributed by atoms with van der Waals surface area (Å²) < 4.78 is 18.1. The maximum Gasteiger partial charge on any atom is 0.262 e. The van der Waals surface area contributed by atoms with Crippen LogP contribution >= 0.6 is 0 Å². The third kappa shape index (κ3) is 3.06. The number of carbonyl (C=O) groups is 2. The van der Waals surface area contributed by atoms with Crippen LogP contribution in [-0.4, -0.2) is 18.4 Å². The van der Waals surface area contributed by atoms with Crippen LogP contribution in [-0.2, 0) is 16.0 Å². The number of halogens is 1. The van der Waals surface area contributed by atoms with E-state index in [1.54, 1.807) is 30.3 Å². The standard InChI is InChI=1S/C16H13FN2O3/c17-11-6-4-10(5-7-11)8-14(20)18-12-2-1-3-13-16(12)19-15(21)9-22-13/h1-7H,8-9H2,(H,18,20)(H,19,21). The Balaban J connectivity index is 1.74. The van der Waals surface area contributed by atoms with Crippen molar-refractivity contribution in [2.45, 2.75) is 6.42 Å². The van der Waals surface area contributed by atoms with E-state index < -0.39 is 0 Å². The summed E-state index contributed by atoms with van der Waals surface area (Å²) in [6, 6.07) is 10.8. The zero-order valence-corrected chi connectivity index (χ0v) is 11.6. The molecule has 6 heteroatoms. The summed E-state index contributed by atoms with van der Waals surface area (Å²) in [4.78, 5) is 23.5. The summed E-state index contributed by atoms with van der Waals surface area (Å²) >= 11 is 0. The third-order valence-corrected chi connectivity index (χ3v) is 3.20. The predicted molar refractivity (Wildman–Crippen MR) is 79.3 cm³/mol. The Kier molecular flexibility index (Phi) is 3.74. The highest BCUT2D eigenvalue weighted by atomic mass is 19.1. The second kappa shape index (κ2) is 5.85. The minimum Gasteiger partial charge on any atom is -0.481 e. The number of anilines is 2. The number of hydrogen-bond donors (Lipinski definition) is 2. The Morgan fingerprint density at radius 3 is 2.77 bits per heavy atom. The highest BCUT2D eigenvalue weighted by molar-refractivity contribution is 6.03. The number of fused-ring (bicyclic) bond motifs is 1. The molecule has 0 atom stereocenters. The van der Waals surface area contributed by atoms with Gasteiger partial charge in [-0.15, -0.1) is 0 Å². The lowest BCUT2D eigenvalue weighted by molar-refractivity contribution is -0.118. The van der Waals surface area contributed by atoms with Crippen LogP contribution in [0, 0.1) is 5.82 Å². The van der Waals surface area contributed by atoms with E-state index in [9.17, 15) is 14.0 Å². The molecular weight excluding hydrogens is 287 g/mol. The molecule has 0 fully saturated rings. The van der Waals surface area contributed by atoms with Crippen molar-refractivity contribution in [2.75, 3.05) is 17.2 Å². The first-order chi connectivity index (χ1) is 10.6. The quantitative estimate of drug-likeness (QED) is 0.914. The summed E-state index contributed by atoms with van der Waals surface area (Å²) in [6.07, 6.45) is 0.110. The van der Waals surface area contributed by atoms with Crippen LogP contribution < -0.4 is 15.4 Å². The molecule has 2 aromatic carbocycles. The highest BCUT2D eigenvalue weighted by Crippen LogP contribution is 2.34. The molecule has 1 aliphatic rings. The average Bonchev–Trinajstić information content (AvgIpc) is 2.50. The molecule has 5 nitrogen and oxygen atoms in total. The normalized spacial score (nSPS) is 12.9. The third-order valence-electron chi connectivity index (χ3n) is 3.20. The molecule has 0 aromatic heterocycles. The van der Waals surface area contributed by atoms with Crippen molar-refractivity contribution >= 4 is 23.2 Å². The van der Waals surface area contributed by atoms with E-state index >= 15 is 0 Å². The highest BCUT2D eigenvalue weighted by Gasteiger charge is 2.19. The van der Waals surface area contributed by atoms with Gasteiger partial charge in [0.25, 0.3) is 5.91 Å². The molecule has 0 spiro atoms. The molecule has 0 saturated carbocycles. The summed E-state index contributed by atoms with van der Waals surface area (Å²) in [7, 11) is 0. The van der Waals surface area contributed by atoms with Crippen LogP contribution in [0.4, 0.5) is 15.8 Å². The summed E-state index contributed by atoms with van der Waals surface area (Å²) in [5, 5.41) is 5.40. The first-order valence-electron chi connectivity index (χ1n) is 6.72. The van der Waals surface area contributed by atoms with Gasteiger partial charge in [-0.05, 0) is 29.8 Å². The Bertz CT molecular complexity index is 729. The van der Waals surface area contributed by atoms with Crippen molar-refractivity contribution in [1.82, 2.24) is 0 Å². The molecule has 0 radical (unpaired) electrons. The zero-order chi connectivity index (χ0) is 15.5. The molecular formula is C16H13FN2O3. The molecule has 2 N–H and O–H groups in total. The van der Waals surface area contributed by atoms with Crippen LogP contribution in [0.25, 0.3) is 0 Å². The van der Waals surface area contributed by atoms with E-state index in [2.05, 4.69) is 10.6 Å². The molecule has 1 heterocycles. The van der Waals surface area contributed by atoms with Crippen molar-refractivity contribution in [3.05, 3.63) is 53.8 Å². The molecule has 0 unspecified atom stereocenters. The van der Waals surface area contributed by atoms with Gasteiger partial charge in [0.05, 0.1) is 12.1 Å². The number of nitrogens with one attached hydrogen (secondary N) is 2. The molecule has 1 aliphatic heterocycles. The van der Waals surface area contributed by atoms with Crippen molar-refractivity contribution in [1.29, 1.82) is 0 Å². The molecule has 0 aliphatic carbocycles. The van der Waals surface area contributed by atoms with Crippen LogP contribution in [0.15, 0.2) is 42.5 Å². The zero-order valence-electron chi connectivity index (χ0n) is 11.6. The molecule has 2 amide bonds. The average molecular weight is 300 g/mol. The first-order valence-corrected chi connectivity index (χ1v) is 6.72. The summed E-state index contributed by atoms with van der Waals surface area (Å²) in [6.45, 7) is -0.0417. The van der Waals surface area contributed by atoms with E-state index in [0.717, 1.165) is 0 Å². The SMILES string of the molecule is O=C(Cc1ccc(F)cc1)Nc1cccc2c1NC(=O)CO2. The Hall–Kier alpha value is -2.89. The fourth-order valence-electron chi connectivity index (χ4n) is 2.19. The van der Waals surface area contributed by atoms with Gasteiger partial charge in [-0.1, -0.05) is 18.2 Å². The second-order valence-electron chi connectivity index (χ2n) is 4.87. The topological polar surface area (TPSA) is 67.4 Å². The van der Waals surface area contributed by atoms with Crippen LogP contribution in [0.5, 0.6) is 5.75 Å². The van der Waals surface area contributed by atoms with Gasteiger partial charge in [0.15, 0.2) is 6.61 Å². The lowest BCUT2D eigenvalue weighted by Gasteiger charge is -2.20. The van der Waals surface area contributed by atoms with Gasteiger partial charge in [0, 0.05) is 0 Å². The fourth-order valence-corrected chi connectivity index (χ4v) is 2.19. The number of amides is 2. The van der Waals surface area contributed by atoms with Gasteiger partial charge in [0.2, 0.25) is 5.91 Å². The van der Waals surface area contributed by atoms with Crippen LogP contribution in [0.2, 0.25) is 0 Å². The van der Waals surface area contributed by atoms with E-state index in [-0.39, 0.29) is 30.7 Å². The van der Waals surface area contributed by atoms with E-state index in [1.165, 1.54) is 12.1 Å². The number of benzene rings is 2. The Labute approximate surface area is 126 Å². The van der Waals surface area contributed by atoms with Gasteiger partial charge in [-0.3, -0.25) is 9.59 Å². The predicted octanol–water partition coefficient (Wildman–Crippen LogP) is 2.34. The van der Waals surface area contributed by atoms with Gasteiger partial charge < -0.3 is 15.4 Å². The van der Waals surface area contributed by atoms with Crippen molar-refractivity contribution in [2.24, 2.45) is 0 Å². The molecule has 3 rings (SSSR count). The lowest BCUT2D eigenvalue weighted by atomic mass is 10.1. The lowest BCUT2D eigenvalue weighted by Crippen LogP contribution is -2.27. The summed E-state index contributed by atoms with van der Waals surface area (Å²) in [5.41, 5.74) is 1.62. The molecule has 2 aromatic rings. The van der Waals surface area contributed by atoms with Crippen molar-refractivity contribution < 1.29 is 18.7 Å². The second-order valence-corrected chi connectivity index (χ2v) is 4.87. The summed E-state index contributed by atoms with van der Waals surface area (Å²) in [5.74, 6) is -0.368. The Morgan fingerprint density at radius 2 is 2.00 bits per heavy atom. The number of hydrogen-bond acceptors (Lipinski definition) is 3. The fraction of sp³-hybridized carbons (Fsp3) is 0.125. The first kappa shape index (κ1) is 14.1. The number of para-hydroxylation sites is 1. The van der Waals surface area contributed by atoms with Gasteiger partial charge in [-0.2, -0.15) is 0 Å². The molecule has 0 bridgehead atoms. The maximum atomic E-state index is 12.8. The van der Waals surface area contributed by atoms with E-state index in [0.29, 0.717) is 22.7 Å². The maximum absolute atomic E-state index is 12.8. The van der Waals surface area contributed by atoms with Crippen molar-refractivity contribution in [3.63, 3.8) is 0 Å². The van der Waals surface area contributed by atoms with E-state index in [1.807, 2.05) is 0 Å². The van der Waals surface area contributed by atoms with Gasteiger partial charge in [0.1, 0.15) is 17.3 Å². The number of carbonyl (C=O) groups excluding carboxylic acids is 2. The number of rotatable bonds is 3. The van der Waals surface area contributed by atoms with E-state index in [4.69, 9.17) is 4.74 Å². The van der Waals surface area contributed by atoms with Gasteiger partial charge >= 0.3 is 0 Å². The van der Waals surface area contributed by atoms with Gasteiger partial charge in [-0.25, -0.2) is 4.39 Å². The monoisotopic (exact) mass is 300 g/mol. The smallest absolute Gasteiger partial charge is 0.262 e. The molecule has 0 saturated heterocycles. The Morgan fingerprint density at radius 1 is 1.23 bits per heavy atom. The van der Waals surface area contributed by atoms with Crippen molar-refractivity contribution in [3.8, 4) is 5.75 Å². The van der Waals surface area contributed by atoms with Crippen LogP contribution in [0.3, 0.4) is 0 Å². The molecule has 22 heavy (non-hydrogen) atoms. The van der Waals surface area contributed by atoms with Crippen LogP contribution in [0.1, 0.15) is 5.56 Å². The largest absolute Gasteiger partial charge is 0.481 e. The number of ether oxygens (including phenoxy) is 1. The molecule has 112 valence electrons. The minimum absolute atomic E-state index is 0.0417.